The second kappa shape index (κ2) is 9.43. The van der Waals surface area contributed by atoms with Crippen LogP contribution in [0.4, 0.5) is 18.0 Å². The summed E-state index contributed by atoms with van der Waals surface area (Å²) in [5, 5.41) is 4.65. The highest BCUT2D eigenvalue weighted by atomic mass is 19.3. The normalized spacial score (nSPS) is 12.7. The fraction of sp³-hybridized carbons (Fsp3) is 0.500. The summed E-state index contributed by atoms with van der Waals surface area (Å²) in [6.07, 6.45) is -5.47. The van der Waals surface area contributed by atoms with Crippen LogP contribution in [0.25, 0.3) is 0 Å². The molecule has 0 saturated carbocycles. The smallest absolute Gasteiger partial charge is 0.416 e. The van der Waals surface area contributed by atoms with Crippen LogP contribution in [0.2, 0.25) is 0 Å². The monoisotopic (exact) mass is 403 g/mol. The fourth-order valence-electron chi connectivity index (χ4n) is 2.08. The largest absolute Gasteiger partial charge is 0.468 e. The van der Waals surface area contributed by atoms with E-state index in [1.54, 1.807) is 20.8 Å². The number of alkyl carbamates (subject to hydrolysis) is 1. The van der Waals surface area contributed by atoms with Gasteiger partial charge in [0, 0.05) is 6.42 Å². The number of alkyl halides is 3. The van der Waals surface area contributed by atoms with Crippen LogP contribution in [0.1, 0.15) is 31.9 Å². The number of halogens is 3. The van der Waals surface area contributed by atoms with E-state index in [0.717, 1.165) is 19.2 Å². The molecular formula is C18H23F3N2O5. The molecule has 1 rings (SSSR count). The van der Waals surface area contributed by atoms with Crippen molar-refractivity contribution in [2.45, 2.75) is 45.0 Å². The van der Waals surface area contributed by atoms with Crippen molar-refractivity contribution >= 4 is 18.0 Å². The molecule has 1 atom stereocenters. The van der Waals surface area contributed by atoms with Crippen LogP contribution < -0.4 is 10.6 Å². The number of hydrogen-bond donors (Lipinski definition) is 2. The van der Waals surface area contributed by atoms with Gasteiger partial charge in [0.25, 0.3) is 0 Å². The van der Waals surface area contributed by atoms with Gasteiger partial charge in [-0.3, -0.25) is 9.59 Å². The molecule has 0 bridgehead atoms. The molecule has 0 aliphatic carbocycles. The molecule has 0 aromatic heterocycles. The van der Waals surface area contributed by atoms with Crippen LogP contribution in [0.5, 0.6) is 0 Å². The summed E-state index contributed by atoms with van der Waals surface area (Å²) in [5.74, 6) is -1.41. The van der Waals surface area contributed by atoms with E-state index in [0.29, 0.717) is 5.56 Å². The minimum absolute atomic E-state index is 0.107. The van der Waals surface area contributed by atoms with Gasteiger partial charge in [0.15, 0.2) is 0 Å². The average Bonchev–Trinajstić information content (AvgIpc) is 2.56. The van der Waals surface area contributed by atoms with E-state index in [9.17, 15) is 27.6 Å². The number of nitrogens with one attached hydrogen (secondary N) is 2. The number of amides is 2. The number of carbonyl (C=O) groups is 3. The number of ether oxygens (including phenoxy) is 2. The topological polar surface area (TPSA) is 93.7 Å². The van der Waals surface area contributed by atoms with Crippen LogP contribution in [0.15, 0.2) is 24.3 Å². The Morgan fingerprint density at radius 1 is 1.07 bits per heavy atom. The van der Waals surface area contributed by atoms with Gasteiger partial charge in [0.05, 0.1) is 12.7 Å². The molecule has 2 N–H and O–H groups in total. The Labute approximate surface area is 160 Å². The van der Waals surface area contributed by atoms with Crippen LogP contribution in [-0.2, 0) is 31.7 Å². The molecule has 7 nitrogen and oxygen atoms in total. The Morgan fingerprint density at radius 3 is 2.11 bits per heavy atom. The average molecular weight is 403 g/mol. The number of methoxy groups -OCH3 is 1. The first kappa shape index (κ1) is 23.3. The van der Waals surface area contributed by atoms with Crippen molar-refractivity contribution in [2.24, 2.45) is 0 Å². The van der Waals surface area contributed by atoms with Gasteiger partial charge in [-0.2, -0.15) is 13.2 Å². The second-order valence-corrected chi connectivity index (χ2v) is 6.89. The molecule has 0 heterocycles. The lowest BCUT2D eigenvalue weighted by atomic mass is 10.0. The van der Waals surface area contributed by atoms with Crippen molar-refractivity contribution in [3.63, 3.8) is 0 Å². The molecule has 0 unspecified atom stereocenters. The van der Waals surface area contributed by atoms with Crippen molar-refractivity contribution in [1.29, 1.82) is 0 Å². The standard InChI is InChI=1S/C18H23F3N2O5/c1-17(2,3)28-16(26)23-13(15(25)22-10-14(24)27-4)9-11-5-7-12(8-6-11)18(19,20)21/h5-8,13H,9-10H2,1-4H3,(H,22,25)(H,23,26)/t13-/m0/s1/i19-1. The molecule has 28 heavy (non-hydrogen) atoms. The van der Waals surface area contributed by atoms with Crippen LogP contribution in [-0.4, -0.2) is 43.3 Å². The maximum absolute atomic E-state index is 12.7. The molecule has 1 aromatic carbocycles. The highest BCUT2D eigenvalue weighted by Gasteiger charge is 2.30. The fourth-order valence-corrected chi connectivity index (χ4v) is 2.08. The van der Waals surface area contributed by atoms with Gasteiger partial charge < -0.3 is 20.1 Å². The summed E-state index contributed by atoms with van der Waals surface area (Å²) in [4.78, 5) is 35.5. The molecule has 10 heteroatoms. The highest BCUT2D eigenvalue weighted by molar-refractivity contribution is 5.88. The third-order valence-corrected chi connectivity index (χ3v) is 3.36. The second-order valence-electron chi connectivity index (χ2n) is 6.89. The molecule has 0 saturated heterocycles. The molecule has 0 aliphatic heterocycles. The minimum Gasteiger partial charge on any atom is -0.468 e. The Bertz CT molecular complexity index is 697. The first-order valence-corrected chi connectivity index (χ1v) is 8.32. The van der Waals surface area contributed by atoms with Crippen molar-refractivity contribution in [2.75, 3.05) is 13.7 Å². The Balaban J connectivity index is 2.91. The van der Waals surface area contributed by atoms with Crippen molar-refractivity contribution in [3.8, 4) is 0 Å². The van der Waals surface area contributed by atoms with E-state index in [-0.39, 0.29) is 6.42 Å². The molecular weight excluding hydrogens is 380 g/mol. The van der Waals surface area contributed by atoms with Crippen molar-refractivity contribution < 1.29 is 37.0 Å². The summed E-state index contributed by atoms with van der Waals surface area (Å²) >= 11 is 0. The third kappa shape index (κ3) is 8.28. The number of hydrogen-bond acceptors (Lipinski definition) is 5. The van der Waals surface area contributed by atoms with Crippen LogP contribution in [0.3, 0.4) is 0 Å². The quantitative estimate of drug-likeness (QED) is 0.712. The summed E-state index contributed by atoms with van der Waals surface area (Å²) < 4.78 is 47.5. The minimum atomic E-state index is -4.48. The van der Waals surface area contributed by atoms with Gasteiger partial charge in [0.2, 0.25) is 5.91 Å². The first-order chi connectivity index (χ1) is 12.8. The molecule has 1 aromatic rings. The lowest BCUT2D eigenvalue weighted by molar-refractivity contribution is -0.141. The lowest BCUT2D eigenvalue weighted by Crippen LogP contribution is -2.50. The predicted octanol–water partition coefficient (Wildman–Crippen LogP) is 2.43. The zero-order chi connectivity index (χ0) is 21.5. The van der Waals surface area contributed by atoms with Crippen LogP contribution >= 0.6 is 0 Å². The van der Waals surface area contributed by atoms with Gasteiger partial charge in [-0.1, -0.05) is 12.1 Å². The Morgan fingerprint density at radius 2 is 1.64 bits per heavy atom. The Hall–Kier alpha value is -2.78. The molecule has 0 spiro atoms. The molecule has 156 valence electrons. The van der Waals surface area contributed by atoms with Crippen molar-refractivity contribution in [3.05, 3.63) is 35.4 Å². The van der Waals surface area contributed by atoms with Crippen molar-refractivity contribution in [1.82, 2.24) is 10.6 Å². The lowest BCUT2D eigenvalue weighted by Gasteiger charge is -2.23. The van der Waals surface area contributed by atoms with E-state index in [1.807, 2.05) is 0 Å². The maximum Gasteiger partial charge on any atom is 0.416 e. The van der Waals surface area contributed by atoms with E-state index in [2.05, 4.69) is 15.4 Å². The third-order valence-electron chi connectivity index (χ3n) is 3.36. The summed E-state index contributed by atoms with van der Waals surface area (Å²) in [7, 11) is 1.15. The number of esters is 1. The summed E-state index contributed by atoms with van der Waals surface area (Å²) in [6, 6.07) is 3.01. The van der Waals surface area contributed by atoms with Gasteiger partial charge in [-0.05, 0) is 38.5 Å². The van der Waals surface area contributed by atoms with Gasteiger partial charge in [-0.15, -0.1) is 0 Å². The zero-order valence-corrected chi connectivity index (χ0v) is 16.0. The summed E-state index contributed by atoms with van der Waals surface area (Å²) in [6.45, 7) is 4.48. The maximum atomic E-state index is 12.7. The first-order valence-electron chi connectivity index (χ1n) is 8.32. The highest BCUT2D eigenvalue weighted by Crippen LogP contribution is 2.29. The van der Waals surface area contributed by atoms with Gasteiger partial charge >= 0.3 is 18.2 Å². The van der Waals surface area contributed by atoms with Gasteiger partial charge in [0.1, 0.15) is 18.2 Å². The predicted molar refractivity (Wildman–Crippen MR) is 93.3 cm³/mol. The van der Waals surface area contributed by atoms with Gasteiger partial charge in [-0.25, -0.2) is 4.79 Å². The number of rotatable bonds is 6. The van der Waals surface area contributed by atoms with E-state index in [4.69, 9.17) is 4.74 Å². The summed E-state index contributed by atoms with van der Waals surface area (Å²) in [5.41, 5.74) is -1.27. The van der Waals surface area contributed by atoms with E-state index in [1.165, 1.54) is 12.1 Å². The molecule has 2 amide bonds. The SMILES string of the molecule is COC(=O)CNC(=O)[C@H](Cc1ccc(C(F)(F)[18F])cc1)NC(=O)OC(C)(C)C. The van der Waals surface area contributed by atoms with E-state index < -0.39 is 47.9 Å². The van der Waals surface area contributed by atoms with E-state index >= 15 is 0 Å². The number of benzene rings is 1. The molecule has 0 fully saturated rings. The zero-order valence-electron chi connectivity index (χ0n) is 16.0. The molecule has 0 aliphatic rings. The molecule has 0 radical (unpaired) electrons. The Kier molecular flexibility index (Phi) is 7.83. The van der Waals surface area contributed by atoms with Crippen LogP contribution in [0, 0.1) is 0 Å². The number of carbonyl (C=O) groups excluding carboxylic acids is 3.